The molecule has 2 unspecified atom stereocenters. The largest absolute Gasteiger partial charge is 0.508 e. The zero-order chi connectivity index (χ0) is 11.9. The van der Waals surface area contributed by atoms with Crippen LogP contribution in [0.4, 0.5) is 0 Å². The minimum absolute atomic E-state index is 0.00391. The van der Waals surface area contributed by atoms with Crippen LogP contribution in [0.3, 0.4) is 0 Å². The van der Waals surface area contributed by atoms with E-state index in [2.05, 4.69) is 0 Å². The Morgan fingerprint density at radius 1 is 1.50 bits per heavy atom. The fourth-order valence-corrected chi connectivity index (χ4v) is 4.15. The quantitative estimate of drug-likeness (QED) is 0.812. The van der Waals surface area contributed by atoms with Crippen molar-refractivity contribution in [2.45, 2.75) is 30.3 Å². The number of fused-ring (bicyclic) bond motifs is 1. The van der Waals surface area contributed by atoms with E-state index >= 15 is 0 Å². The summed E-state index contributed by atoms with van der Waals surface area (Å²) in [5, 5.41) is 19.0. The third-order valence-corrected chi connectivity index (χ3v) is 4.70. The summed E-state index contributed by atoms with van der Waals surface area (Å²) >= 11 is 0. The lowest BCUT2D eigenvalue weighted by Crippen LogP contribution is -2.10. The molecule has 1 aliphatic heterocycles. The lowest BCUT2D eigenvalue weighted by atomic mass is 9.95. The Bertz CT molecular complexity index is 505. The summed E-state index contributed by atoms with van der Waals surface area (Å²) < 4.78 is 23.6. The fraction of sp³-hybridized carbons (Fsp3) is 0.455. The van der Waals surface area contributed by atoms with Gasteiger partial charge in [-0.15, -0.1) is 0 Å². The lowest BCUT2D eigenvalue weighted by Gasteiger charge is -2.12. The normalized spacial score (nSPS) is 24.0. The van der Waals surface area contributed by atoms with Gasteiger partial charge in [0.05, 0.1) is 16.8 Å². The molecule has 4 nitrogen and oxygen atoms in total. The molecule has 1 aliphatic rings. The second kappa shape index (κ2) is 3.75. The second-order valence-corrected chi connectivity index (χ2v) is 6.25. The van der Waals surface area contributed by atoms with Gasteiger partial charge >= 0.3 is 0 Å². The Morgan fingerprint density at radius 3 is 2.81 bits per heavy atom. The topological polar surface area (TPSA) is 74.6 Å². The Balaban J connectivity index is 2.52. The van der Waals surface area contributed by atoms with Gasteiger partial charge in [-0.05, 0) is 25.5 Å². The molecule has 0 radical (unpaired) electrons. The summed E-state index contributed by atoms with van der Waals surface area (Å²) in [5.41, 5.74) is 0.461. The van der Waals surface area contributed by atoms with Gasteiger partial charge in [0.25, 0.3) is 0 Å². The highest BCUT2D eigenvalue weighted by molar-refractivity contribution is 7.91. The van der Waals surface area contributed by atoms with Gasteiger partial charge in [-0.25, -0.2) is 8.42 Å². The Kier molecular flexibility index (Phi) is 2.67. The SMILES string of the molecule is CC(O)CC1CS(=O)(=O)c2cccc(O)c21. The minimum atomic E-state index is -3.29. The van der Waals surface area contributed by atoms with E-state index in [0.29, 0.717) is 12.0 Å². The summed E-state index contributed by atoms with van der Waals surface area (Å²) in [7, 11) is -3.29. The number of sulfone groups is 1. The Hall–Kier alpha value is -1.07. The first kappa shape index (κ1) is 11.4. The Labute approximate surface area is 94.5 Å². The number of hydrogen-bond acceptors (Lipinski definition) is 4. The van der Waals surface area contributed by atoms with Gasteiger partial charge in [0.15, 0.2) is 9.84 Å². The molecule has 88 valence electrons. The highest BCUT2D eigenvalue weighted by Gasteiger charge is 2.37. The van der Waals surface area contributed by atoms with Crippen LogP contribution in [0.25, 0.3) is 0 Å². The van der Waals surface area contributed by atoms with Crippen LogP contribution in [0, 0.1) is 0 Å². The molecule has 1 heterocycles. The number of hydrogen-bond donors (Lipinski definition) is 2. The molecule has 5 heteroatoms. The van der Waals surface area contributed by atoms with Crippen LogP contribution in [0.15, 0.2) is 23.1 Å². The number of aromatic hydroxyl groups is 1. The molecule has 0 fully saturated rings. The third-order valence-electron chi connectivity index (χ3n) is 2.83. The van der Waals surface area contributed by atoms with Crippen molar-refractivity contribution in [2.24, 2.45) is 0 Å². The molecule has 2 atom stereocenters. The van der Waals surface area contributed by atoms with E-state index in [9.17, 15) is 18.6 Å². The van der Waals surface area contributed by atoms with Crippen LogP contribution in [-0.2, 0) is 9.84 Å². The Morgan fingerprint density at radius 2 is 2.19 bits per heavy atom. The van der Waals surface area contributed by atoms with Crippen LogP contribution in [0.2, 0.25) is 0 Å². The lowest BCUT2D eigenvalue weighted by molar-refractivity contribution is 0.177. The van der Waals surface area contributed by atoms with Crippen molar-refractivity contribution in [3.63, 3.8) is 0 Å². The molecule has 0 bridgehead atoms. The maximum Gasteiger partial charge on any atom is 0.179 e. The maximum absolute atomic E-state index is 11.8. The van der Waals surface area contributed by atoms with E-state index in [1.807, 2.05) is 0 Å². The van der Waals surface area contributed by atoms with E-state index in [0.717, 1.165) is 0 Å². The summed E-state index contributed by atoms with van der Waals surface area (Å²) in [6.45, 7) is 1.62. The van der Waals surface area contributed by atoms with E-state index in [1.54, 1.807) is 6.92 Å². The maximum atomic E-state index is 11.8. The monoisotopic (exact) mass is 242 g/mol. The predicted molar refractivity (Wildman–Crippen MR) is 59.2 cm³/mol. The molecule has 1 aromatic rings. The molecular weight excluding hydrogens is 228 g/mol. The first-order valence-electron chi connectivity index (χ1n) is 5.14. The molecule has 0 aromatic heterocycles. The molecular formula is C11H14O4S. The number of phenolic OH excluding ortho intramolecular Hbond substituents is 1. The molecule has 0 saturated carbocycles. The first-order chi connectivity index (χ1) is 7.42. The van der Waals surface area contributed by atoms with Gasteiger partial charge in [0.2, 0.25) is 0 Å². The third kappa shape index (κ3) is 1.81. The minimum Gasteiger partial charge on any atom is -0.508 e. The number of aliphatic hydroxyl groups excluding tert-OH is 1. The van der Waals surface area contributed by atoms with E-state index < -0.39 is 15.9 Å². The predicted octanol–water partition coefficient (Wildman–Crippen LogP) is 1.03. The van der Waals surface area contributed by atoms with Gasteiger partial charge in [0, 0.05) is 11.5 Å². The van der Waals surface area contributed by atoms with Crippen LogP contribution >= 0.6 is 0 Å². The number of phenols is 1. The van der Waals surface area contributed by atoms with Crippen molar-refractivity contribution in [3.05, 3.63) is 23.8 Å². The van der Waals surface area contributed by atoms with Gasteiger partial charge in [-0.3, -0.25) is 0 Å². The molecule has 16 heavy (non-hydrogen) atoms. The van der Waals surface area contributed by atoms with E-state index in [-0.39, 0.29) is 22.3 Å². The fourth-order valence-electron chi connectivity index (χ4n) is 2.25. The highest BCUT2D eigenvalue weighted by Crippen LogP contribution is 2.42. The first-order valence-corrected chi connectivity index (χ1v) is 6.79. The average molecular weight is 242 g/mol. The van der Waals surface area contributed by atoms with E-state index in [1.165, 1.54) is 18.2 Å². The molecule has 2 N–H and O–H groups in total. The van der Waals surface area contributed by atoms with Gasteiger partial charge in [-0.1, -0.05) is 6.07 Å². The molecule has 1 aromatic carbocycles. The highest BCUT2D eigenvalue weighted by atomic mass is 32.2. The summed E-state index contributed by atoms with van der Waals surface area (Å²) in [4.78, 5) is 0.207. The van der Waals surface area contributed by atoms with Gasteiger partial charge in [0.1, 0.15) is 5.75 Å². The zero-order valence-electron chi connectivity index (χ0n) is 8.92. The zero-order valence-corrected chi connectivity index (χ0v) is 9.74. The number of benzene rings is 1. The average Bonchev–Trinajstić information content (AvgIpc) is 2.38. The van der Waals surface area contributed by atoms with Crippen molar-refractivity contribution in [2.75, 3.05) is 5.75 Å². The van der Waals surface area contributed by atoms with E-state index in [4.69, 9.17) is 0 Å². The standard InChI is InChI=1S/C11H14O4S/c1-7(12)5-8-6-16(14,15)10-4-2-3-9(13)11(8)10/h2-4,7-8,12-13H,5-6H2,1H3. The van der Waals surface area contributed by atoms with Gasteiger partial charge < -0.3 is 10.2 Å². The van der Waals surface area contributed by atoms with Crippen LogP contribution in [0.5, 0.6) is 5.75 Å². The van der Waals surface area contributed by atoms with Crippen molar-refractivity contribution >= 4 is 9.84 Å². The number of rotatable bonds is 2. The van der Waals surface area contributed by atoms with Crippen LogP contribution < -0.4 is 0 Å². The number of aliphatic hydroxyl groups is 1. The summed E-state index contributed by atoms with van der Waals surface area (Å²) in [6.07, 6.45) is -0.227. The van der Waals surface area contributed by atoms with Crippen LogP contribution in [-0.4, -0.2) is 30.5 Å². The molecule has 0 spiro atoms. The molecule has 0 aliphatic carbocycles. The van der Waals surface area contributed by atoms with Gasteiger partial charge in [-0.2, -0.15) is 0 Å². The molecule has 0 saturated heterocycles. The summed E-state index contributed by atoms with van der Waals surface area (Å²) in [5.74, 6) is -0.324. The molecule has 2 rings (SSSR count). The second-order valence-electron chi connectivity index (χ2n) is 4.25. The molecule has 0 amide bonds. The van der Waals surface area contributed by atoms with Crippen molar-refractivity contribution < 1.29 is 18.6 Å². The van der Waals surface area contributed by atoms with Crippen molar-refractivity contribution in [1.82, 2.24) is 0 Å². The van der Waals surface area contributed by atoms with Crippen LogP contribution in [0.1, 0.15) is 24.8 Å². The summed E-state index contributed by atoms with van der Waals surface area (Å²) in [6, 6.07) is 4.51. The van der Waals surface area contributed by atoms with Crippen molar-refractivity contribution in [1.29, 1.82) is 0 Å². The van der Waals surface area contributed by atoms with Crippen molar-refractivity contribution in [3.8, 4) is 5.75 Å². The smallest absolute Gasteiger partial charge is 0.179 e.